The Balaban J connectivity index is 1.48. The number of amidine groups is 1. The third-order valence-corrected chi connectivity index (χ3v) is 5.12. The van der Waals surface area contributed by atoms with E-state index >= 15 is 0 Å². The Morgan fingerprint density at radius 3 is 2.27 bits per heavy atom. The second-order valence-electron chi connectivity index (χ2n) is 6.49. The van der Waals surface area contributed by atoms with Crippen molar-refractivity contribution in [3.8, 4) is 11.5 Å². The number of nitrogens with two attached hydrogens (primary N) is 1. The van der Waals surface area contributed by atoms with Crippen molar-refractivity contribution in [2.45, 2.75) is 6.54 Å². The molecule has 0 saturated heterocycles. The molecule has 0 saturated carbocycles. The molecular weight excluding hydrogens is 396 g/mol. The summed E-state index contributed by atoms with van der Waals surface area (Å²) in [4.78, 5) is 16.7. The Kier molecular flexibility index (Phi) is 5.91. The van der Waals surface area contributed by atoms with Gasteiger partial charge in [-0.1, -0.05) is 48.5 Å². The summed E-state index contributed by atoms with van der Waals surface area (Å²) in [6.45, 7) is 0.410. The van der Waals surface area contributed by atoms with E-state index in [1.165, 1.54) is 11.5 Å². The second kappa shape index (κ2) is 9.11. The van der Waals surface area contributed by atoms with Crippen LogP contribution in [0.1, 0.15) is 11.1 Å². The zero-order chi connectivity index (χ0) is 20.8. The molecule has 0 bridgehead atoms. The van der Waals surface area contributed by atoms with Crippen molar-refractivity contribution in [2.24, 2.45) is 10.7 Å². The standard InChI is InChI=1S/C23H20N4O2S/c24-21(25-15-16-7-3-1-4-8-16)20-22(28)27-30-23(20)26-17-11-13-19(14-12-17)29-18-9-5-2-6-10-18/h1-14,26H,15H2,(H2,24,25)(H,27,28). The van der Waals surface area contributed by atoms with E-state index < -0.39 is 0 Å². The molecule has 4 aromatic rings. The van der Waals surface area contributed by atoms with Gasteiger partial charge in [0.2, 0.25) is 0 Å². The predicted molar refractivity (Wildman–Crippen MR) is 122 cm³/mol. The van der Waals surface area contributed by atoms with Gasteiger partial charge in [-0.2, -0.15) is 0 Å². The Morgan fingerprint density at radius 2 is 1.57 bits per heavy atom. The molecule has 4 N–H and O–H groups in total. The monoisotopic (exact) mass is 416 g/mol. The molecule has 0 aliphatic rings. The van der Waals surface area contributed by atoms with Gasteiger partial charge in [0, 0.05) is 5.69 Å². The van der Waals surface area contributed by atoms with E-state index in [2.05, 4.69) is 14.7 Å². The van der Waals surface area contributed by atoms with Gasteiger partial charge in [-0.3, -0.25) is 14.2 Å². The average Bonchev–Trinajstić information content (AvgIpc) is 3.15. The molecule has 0 aliphatic heterocycles. The zero-order valence-electron chi connectivity index (χ0n) is 16.0. The third kappa shape index (κ3) is 4.76. The molecule has 3 aromatic carbocycles. The number of anilines is 2. The van der Waals surface area contributed by atoms with Crippen LogP contribution in [0.25, 0.3) is 0 Å². The molecule has 0 radical (unpaired) electrons. The van der Waals surface area contributed by atoms with Crippen LogP contribution in [0.3, 0.4) is 0 Å². The fourth-order valence-electron chi connectivity index (χ4n) is 2.82. The Bertz CT molecular complexity index is 1180. The molecule has 0 aliphatic carbocycles. The minimum Gasteiger partial charge on any atom is -0.457 e. The molecule has 30 heavy (non-hydrogen) atoms. The van der Waals surface area contributed by atoms with Crippen LogP contribution in [0, 0.1) is 0 Å². The Morgan fingerprint density at radius 1 is 0.933 bits per heavy atom. The number of para-hydroxylation sites is 1. The van der Waals surface area contributed by atoms with Crippen LogP contribution < -0.4 is 21.3 Å². The molecule has 1 aromatic heterocycles. The van der Waals surface area contributed by atoms with Crippen LogP contribution in [-0.2, 0) is 6.54 Å². The third-order valence-electron chi connectivity index (χ3n) is 4.32. The number of hydrogen-bond acceptors (Lipinski definition) is 5. The van der Waals surface area contributed by atoms with E-state index in [9.17, 15) is 4.79 Å². The molecule has 150 valence electrons. The fraction of sp³-hybridized carbons (Fsp3) is 0.0435. The number of benzene rings is 3. The summed E-state index contributed by atoms with van der Waals surface area (Å²) in [6.07, 6.45) is 0. The summed E-state index contributed by atoms with van der Waals surface area (Å²) in [5, 5.41) is 3.85. The average molecular weight is 417 g/mol. The van der Waals surface area contributed by atoms with Gasteiger partial charge in [-0.25, -0.2) is 0 Å². The van der Waals surface area contributed by atoms with E-state index in [0.29, 0.717) is 17.1 Å². The lowest BCUT2D eigenvalue weighted by atomic mass is 10.2. The largest absolute Gasteiger partial charge is 0.457 e. The zero-order valence-corrected chi connectivity index (χ0v) is 16.9. The van der Waals surface area contributed by atoms with Crippen LogP contribution >= 0.6 is 11.5 Å². The minimum absolute atomic E-state index is 0.202. The normalized spacial score (nSPS) is 11.3. The molecule has 1 heterocycles. The first-order valence-corrected chi connectivity index (χ1v) is 10.2. The maximum absolute atomic E-state index is 12.3. The molecule has 0 unspecified atom stereocenters. The smallest absolute Gasteiger partial charge is 0.271 e. The van der Waals surface area contributed by atoms with Crippen molar-refractivity contribution in [3.63, 3.8) is 0 Å². The highest BCUT2D eigenvalue weighted by Crippen LogP contribution is 2.26. The summed E-state index contributed by atoms with van der Waals surface area (Å²) in [7, 11) is 0. The quantitative estimate of drug-likeness (QED) is 0.296. The highest BCUT2D eigenvalue weighted by Gasteiger charge is 2.15. The van der Waals surface area contributed by atoms with Gasteiger partial charge in [0.15, 0.2) is 0 Å². The van der Waals surface area contributed by atoms with Gasteiger partial charge in [0.05, 0.1) is 6.54 Å². The van der Waals surface area contributed by atoms with Crippen molar-refractivity contribution in [2.75, 3.05) is 5.32 Å². The maximum Gasteiger partial charge on any atom is 0.271 e. The number of rotatable bonds is 7. The number of H-pyrrole nitrogens is 1. The van der Waals surface area contributed by atoms with Crippen LogP contribution in [-0.4, -0.2) is 10.2 Å². The SMILES string of the molecule is NC(=NCc1ccccc1)c1c(Nc2ccc(Oc3ccccc3)cc2)s[nH]c1=O. The van der Waals surface area contributed by atoms with Crippen molar-refractivity contribution >= 4 is 28.1 Å². The molecule has 0 amide bonds. The second-order valence-corrected chi connectivity index (χ2v) is 7.31. The van der Waals surface area contributed by atoms with Gasteiger partial charge >= 0.3 is 0 Å². The summed E-state index contributed by atoms with van der Waals surface area (Å²) in [5.74, 6) is 1.69. The van der Waals surface area contributed by atoms with E-state index in [0.717, 1.165) is 22.7 Å². The lowest BCUT2D eigenvalue weighted by molar-refractivity contribution is 0.483. The van der Waals surface area contributed by atoms with Crippen molar-refractivity contribution in [1.29, 1.82) is 0 Å². The molecule has 0 fully saturated rings. The number of nitrogens with zero attached hydrogens (tertiary/aromatic N) is 1. The highest BCUT2D eigenvalue weighted by atomic mass is 32.1. The van der Waals surface area contributed by atoms with Crippen molar-refractivity contribution in [3.05, 3.63) is 106 Å². The number of aromatic amines is 1. The highest BCUT2D eigenvalue weighted by molar-refractivity contribution is 7.10. The molecular formula is C23H20N4O2S. The van der Waals surface area contributed by atoms with Crippen molar-refractivity contribution < 1.29 is 4.74 Å². The van der Waals surface area contributed by atoms with Gasteiger partial charge in [-0.05, 0) is 53.5 Å². The van der Waals surface area contributed by atoms with E-state index in [1.54, 1.807) is 0 Å². The predicted octanol–water partition coefficient (Wildman–Crippen LogP) is 4.88. The molecule has 0 atom stereocenters. The van der Waals surface area contributed by atoms with Crippen LogP contribution in [0.4, 0.5) is 10.7 Å². The molecule has 6 nitrogen and oxygen atoms in total. The fourth-order valence-corrected chi connectivity index (χ4v) is 3.59. The van der Waals surface area contributed by atoms with Gasteiger partial charge in [0.25, 0.3) is 5.56 Å². The van der Waals surface area contributed by atoms with Gasteiger partial charge in [-0.15, -0.1) is 0 Å². The van der Waals surface area contributed by atoms with Gasteiger partial charge in [0.1, 0.15) is 27.9 Å². The topological polar surface area (TPSA) is 92.5 Å². The lowest BCUT2D eigenvalue weighted by Crippen LogP contribution is -2.22. The number of nitrogens with one attached hydrogen (secondary N) is 2. The molecule has 7 heteroatoms. The summed E-state index contributed by atoms with van der Waals surface area (Å²) in [5.41, 5.74) is 8.05. The molecule has 0 spiro atoms. The van der Waals surface area contributed by atoms with E-state index in [4.69, 9.17) is 10.5 Å². The Hall–Kier alpha value is -3.84. The molecule has 4 rings (SSSR count). The number of aromatic nitrogens is 1. The first-order chi connectivity index (χ1) is 14.7. The number of hydrogen-bond donors (Lipinski definition) is 3. The minimum atomic E-state index is -0.263. The maximum atomic E-state index is 12.3. The summed E-state index contributed by atoms with van der Waals surface area (Å²) in [6, 6.07) is 26.8. The first-order valence-electron chi connectivity index (χ1n) is 9.35. The van der Waals surface area contributed by atoms with E-state index in [-0.39, 0.29) is 11.4 Å². The van der Waals surface area contributed by atoms with Crippen LogP contribution in [0.2, 0.25) is 0 Å². The Labute approximate surface area is 177 Å². The van der Waals surface area contributed by atoms with Crippen molar-refractivity contribution in [1.82, 2.24) is 4.37 Å². The lowest BCUT2D eigenvalue weighted by Gasteiger charge is -2.08. The number of aliphatic imine (C=N–C) groups is 1. The van der Waals surface area contributed by atoms with E-state index in [1.807, 2.05) is 84.9 Å². The van der Waals surface area contributed by atoms with Crippen LogP contribution in [0.5, 0.6) is 11.5 Å². The summed E-state index contributed by atoms with van der Waals surface area (Å²) < 4.78 is 8.52. The van der Waals surface area contributed by atoms with Gasteiger partial charge < -0.3 is 15.8 Å². The van der Waals surface area contributed by atoms with Crippen LogP contribution in [0.15, 0.2) is 94.7 Å². The number of ether oxygens (including phenoxy) is 1. The first kappa shape index (κ1) is 19.5. The summed E-state index contributed by atoms with van der Waals surface area (Å²) >= 11 is 1.19.